The van der Waals surface area contributed by atoms with E-state index in [0.717, 1.165) is 68.9 Å². The summed E-state index contributed by atoms with van der Waals surface area (Å²) in [5.74, 6) is 0.385. The topological polar surface area (TPSA) is 101 Å². The van der Waals surface area contributed by atoms with E-state index in [2.05, 4.69) is 40.5 Å². The number of hydrogen-bond acceptors (Lipinski definition) is 7. The van der Waals surface area contributed by atoms with Crippen LogP contribution in [0.2, 0.25) is 0 Å². The number of amides is 3. The van der Waals surface area contributed by atoms with E-state index in [1.165, 1.54) is 16.6 Å². The van der Waals surface area contributed by atoms with Crippen LogP contribution in [0.25, 0.3) is 10.9 Å². The summed E-state index contributed by atoms with van der Waals surface area (Å²) in [6, 6.07) is 15.9. The molecule has 0 saturated carbocycles. The Labute approximate surface area is 238 Å². The standard InChI is InChI=1S/C32H34N4O5/c37-30-8-7-29(31(38)34-30)36-18-23-16-24(3-4-26(23)32(36)39)41-25-9-12-35(19-25)17-20-1-5-28-22(15-20)2-6-27(33-28)21-10-13-40-14-11-21/h1-6,15-16,21,25,29H,7-14,17-19H2,(H,34,37,38). The first kappa shape index (κ1) is 26.1. The number of ether oxygens (including phenoxy) is 2. The predicted molar refractivity (Wildman–Crippen MR) is 151 cm³/mol. The van der Waals surface area contributed by atoms with Gasteiger partial charge in [0.25, 0.3) is 5.91 Å². The summed E-state index contributed by atoms with van der Waals surface area (Å²) in [5.41, 5.74) is 4.94. The summed E-state index contributed by atoms with van der Waals surface area (Å²) < 4.78 is 11.9. The van der Waals surface area contributed by atoms with E-state index >= 15 is 0 Å². The van der Waals surface area contributed by atoms with Crippen molar-refractivity contribution in [2.24, 2.45) is 0 Å². The van der Waals surface area contributed by atoms with Crippen LogP contribution in [0.3, 0.4) is 0 Å². The van der Waals surface area contributed by atoms with Gasteiger partial charge in [0.1, 0.15) is 17.9 Å². The Morgan fingerprint density at radius 3 is 2.71 bits per heavy atom. The van der Waals surface area contributed by atoms with Gasteiger partial charge in [0.2, 0.25) is 11.8 Å². The van der Waals surface area contributed by atoms with Crippen LogP contribution < -0.4 is 10.1 Å². The van der Waals surface area contributed by atoms with Crippen LogP contribution in [0.4, 0.5) is 0 Å². The Bertz CT molecular complexity index is 1520. The number of benzene rings is 2. The number of nitrogens with zero attached hydrogens (tertiary/aromatic N) is 3. The predicted octanol–water partition coefficient (Wildman–Crippen LogP) is 3.54. The van der Waals surface area contributed by atoms with Crippen LogP contribution in [-0.4, -0.2) is 71.0 Å². The Hall–Kier alpha value is -3.82. The molecule has 41 heavy (non-hydrogen) atoms. The number of likely N-dealkylation sites (tertiary alicyclic amines) is 1. The van der Waals surface area contributed by atoms with Gasteiger partial charge in [0.15, 0.2) is 0 Å². The van der Waals surface area contributed by atoms with Gasteiger partial charge >= 0.3 is 0 Å². The minimum absolute atomic E-state index is 0.0700. The summed E-state index contributed by atoms with van der Waals surface area (Å²) in [6.45, 7) is 4.63. The Morgan fingerprint density at radius 1 is 0.976 bits per heavy atom. The van der Waals surface area contributed by atoms with Gasteiger partial charge in [-0.05, 0) is 73.2 Å². The molecule has 4 aliphatic rings. The van der Waals surface area contributed by atoms with E-state index in [-0.39, 0.29) is 24.3 Å². The molecule has 3 aromatic rings. The molecule has 2 aromatic carbocycles. The van der Waals surface area contributed by atoms with E-state index in [9.17, 15) is 14.4 Å². The normalized spacial score (nSPS) is 23.7. The average Bonchev–Trinajstić information content (AvgIpc) is 3.56. The van der Waals surface area contributed by atoms with Gasteiger partial charge in [-0.3, -0.25) is 29.6 Å². The molecule has 0 bridgehead atoms. The number of pyridine rings is 1. The Balaban J connectivity index is 0.960. The van der Waals surface area contributed by atoms with Crippen molar-refractivity contribution in [3.8, 4) is 5.75 Å². The van der Waals surface area contributed by atoms with Crippen LogP contribution in [0, 0.1) is 0 Å². The molecule has 5 heterocycles. The summed E-state index contributed by atoms with van der Waals surface area (Å²) in [7, 11) is 0. The lowest BCUT2D eigenvalue weighted by atomic mass is 9.95. The molecule has 9 nitrogen and oxygen atoms in total. The maximum absolute atomic E-state index is 13.0. The highest BCUT2D eigenvalue weighted by Crippen LogP contribution is 2.32. The van der Waals surface area contributed by atoms with Gasteiger partial charge in [-0.15, -0.1) is 0 Å². The number of hydrogen-bond donors (Lipinski definition) is 1. The SMILES string of the molecule is O=C1CCC(N2Cc3cc(OC4CCN(Cc5ccc6nc(C7CCOCC7)ccc6c5)C4)ccc3C2=O)C(=O)N1. The molecule has 1 aromatic heterocycles. The minimum atomic E-state index is -0.611. The molecule has 2 atom stereocenters. The minimum Gasteiger partial charge on any atom is -0.489 e. The summed E-state index contributed by atoms with van der Waals surface area (Å²) in [5, 5.41) is 3.52. The number of aromatic nitrogens is 1. The van der Waals surface area contributed by atoms with Crippen molar-refractivity contribution in [1.29, 1.82) is 0 Å². The maximum atomic E-state index is 13.0. The second-order valence-corrected chi connectivity index (χ2v) is 11.6. The highest BCUT2D eigenvalue weighted by Gasteiger charge is 2.39. The van der Waals surface area contributed by atoms with Gasteiger partial charge < -0.3 is 14.4 Å². The van der Waals surface area contributed by atoms with Gasteiger partial charge in [0, 0.05) is 68.4 Å². The quantitative estimate of drug-likeness (QED) is 0.465. The first-order valence-corrected chi connectivity index (χ1v) is 14.6. The number of imide groups is 1. The highest BCUT2D eigenvalue weighted by molar-refractivity contribution is 6.05. The van der Waals surface area contributed by atoms with Crippen molar-refractivity contribution >= 4 is 28.6 Å². The lowest BCUT2D eigenvalue weighted by Gasteiger charge is -2.29. The van der Waals surface area contributed by atoms with Gasteiger partial charge in [-0.2, -0.15) is 0 Å². The third-order valence-electron chi connectivity index (χ3n) is 8.85. The van der Waals surface area contributed by atoms with Crippen molar-refractivity contribution in [2.45, 2.75) is 63.3 Å². The zero-order valence-electron chi connectivity index (χ0n) is 23.0. The number of piperidine rings is 1. The van der Waals surface area contributed by atoms with Crippen molar-refractivity contribution in [3.05, 3.63) is 70.9 Å². The lowest BCUT2D eigenvalue weighted by molar-refractivity contribution is -0.136. The van der Waals surface area contributed by atoms with Crippen LogP contribution >= 0.6 is 0 Å². The zero-order chi connectivity index (χ0) is 27.9. The fraction of sp³-hybridized carbons (Fsp3) is 0.438. The molecule has 4 aliphatic heterocycles. The zero-order valence-corrected chi connectivity index (χ0v) is 23.0. The number of rotatable bonds is 6. The lowest BCUT2D eigenvalue weighted by Crippen LogP contribution is -2.52. The van der Waals surface area contributed by atoms with E-state index in [0.29, 0.717) is 24.4 Å². The summed E-state index contributed by atoms with van der Waals surface area (Å²) >= 11 is 0. The molecule has 1 N–H and O–H groups in total. The largest absolute Gasteiger partial charge is 0.489 e. The van der Waals surface area contributed by atoms with Crippen LogP contribution in [0.1, 0.15) is 65.2 Å². The van der Waals surface area contributed by atoms with Gasteiger partial charge in [-0.25, -0.2) is 0 Å². The second-order valence-electron chi connectivity index (χ2n) is 11.6. The van der Waals surface area contributed by atoms with Crippen molar-refractivity contribution in [1.82, 2.24) is 20.1 Å². The third kappa shape index (κ3) is 5.31. The van der Waals surface area contributed by atoms with Crippen molar-refractivity contribution in [3.63, 3.8) is 0 Å². The molecule has 3 fully saturated rings. The first-order chi connectivity index (χ1) is 20.0. The number of nitrogens with one attached hydrogen (secondary N) is 1. The Morgan fingerprint density at radius 2 is 1.85 bits per heavy atom. The van der Waals surface area contributed by atoms with E-state index in [1.807, 2.05) is 12.1 Å². The second kappa shape index (κ2) is 10.9. The Kier molecular flexibility index (Phi) is 6.92. The number of carbonyl (C=O) groups is 3. The molecule has 3 amide bonds. The molecule has 7 rings (SSSR count). The highest BCUT2D eigenvalue weighted by atomic mass is 16.5. The maximum Gasteiger partial charge on any atom is 0.255 e. The van der Waals surface area contributed by atoms with E-state index in [4.69, 9.17) is 14.5 Å². The molecule has 2 unspecified atom stereocenters. The monoisotopic (exact) mass is 554 g/mol. The van der Waals surface area contributed by atoms with Crippen LogP contribution in [-0.2, 0) is 27.4 Å². The third-order valence-corrected chi connectivity index (χ3v) is 8.85. The average molecular weight is 555 g/mol. The van der Waals surface area contributed by atoms with Crippen LogP contribution in [0.15, 0.2) is 48.5 Å². The first-order valence-electron chi connectivity index (χ1n) is 14.6. The fourth-order valence-corrected chi connectivity index (χ4v) is 6.62. The molecule has 0 aliphatic carbocycles. The molecule has 0 radical (unpaired) electrons. The fourth-order valence-electron chi connectivity index (χ4n) is 6.62. The molecule has 212 valence electrons. The molecular formula is C32H34N4O5. The van der Waals surface area contributed by atoms with Gasteiger partial charge in [0.05, 0.1) is 5.52 Å². The molecular weight excluding hydrogens is 520 g/mol. The number of carbonyl (C=O) groups excluding carboxylic acids is 3. The summed E-state index contributed by atoms with van der Waals surface area (Å²) in [4.78, 5) is 45.7. The van der Waals surface area contributed by atoms with E-state index in [1.54, 1.807) is 11.0 Å². The summed E-state index contributed by atoms with van der Waals surface area (Å²) in [6.07, 6.45) is 3.69. The molecule has 3 saturated heterocycles. The van der Waals surface area contributed by atoms with Crippen molar-refractivity contribution < 1.29 is 23.9 Å². The van der Waals surface area contributed by atoms with Crippen LogP contribution in [0.5, 0.6) is 5.75 Å². The molecule has 0 spiro atoms. The molecule has 9 heteroatoms. The van der Waals surface area contributed by atoms with Crippen molar-refractivity contribution in [2.75, 3.05) is 26.3 Å². The van der Waals surface area contributed by atoms with E-state index < -0.39 is 11.9 Å². The van der Waals surface area contributed by atoms with Gasteiger partial charge in [-0.1, -0.05) is 12.1 Å². The number of fused-ring (bicyclic) bond motifs is 2. The smallest absolute Gasteiger partial charge is 0.255 e.